The van der Waals surface area contributed by atoms with Crippen molar-refractivity contribution < 1.29 is 18.7 Å². The summed E-state index contributed by atoms with van der Waals surface area (Å²) in [4.78, 5) is 50.3. The van der Waals surface area contributed by atoms with Crippen LogP contribution in [0.4, 0.5) is 10.2 Å². The number of benzene rings is 1. The van der Waals surface area contributed by atoms with Crippen LogP contribution in [0.5, 0.6) is 0 Å². The third kappa shape index (κ3) is 3.65. The van der Waals surface area contributed by atoms with E-state index in [1.165, 1.54) is 33.2 Å². The van der Waals surface area contributed by atoms with Crippen LogP contribution in [0.15, 0.2) is 33.9 Å². The number of rotatable bonds is 5. The van der Waals surface area contributed by atoms with E-state index in [0.717, 1.165) is 21.2 Å². The van der Waals surface area contributed by atoms with E-state index in [-0.39, 0.29) is 11.5 Å². The number of nitrogens with zero attached hydrogens (tertiary/aromatic N) is 4. The lowest BCUT2D eigenvalue weighted by atomic mass is 10.1. The molecule has 0 aliphatic heterocycles. The van der Waals surface area contributed by atoms with Crippen LogP contribution in [0.3, 0.4) is 0 Å². The molecular formula is C22H22FN5O5. The zero-order valence-electron chi connectivity index (χ0n) is 18.3. The molecule has 2 N–H and O–H groups in total. The van der Waals surface area contributed by atoms with Gasteiger partial charge in [-0.2, -0.15) is 5.10 Å². The largest absolute Gasteiger partial charge is 0.449 e. The van der Waals surface area contributed by atoms with Crippen molar-refractivity contribution in [3.8, 4) is 5.69 Å². The highest BCUT2D eigenvalue weighted by Gasteiger charge is 2.32. The fourth-order valence-electron chi connectivity index (χ4n) is 3.96. The molecule has 4 rings (SSSR count). The highest BCUT2D eigenvalue weighted by atomic mass is 19.1. The van der Waals surface area contributed by atoms with E-state index in [2.05, 4.69) is 5.10 Å². The Bertz CT molecular complexity index is 1400. The average Bonchev–Trinajstić information content (AvgIpc) is 3.40. The molecule has 11 heteroatoms. The summed E-state index contributed by atoms with van der Waals surface area (Å²) in [5.41, 5.74) is 6.04. The first-order valence-electron chi connectivity index (χ1n) is 10.3. The van der Waals surface area contributed by atoms with Gasteiger partial charge >= 0.3 is 11.7 Å². The number of fused-ring (bicyclic) bond motifs is 1. The number of ketones is 1. The number of ether oxygens (including phenoxy) is 1. The van der Waals surface area contributed by atoms with Crippen molar-refractivity contribution >= 4 is 17.6 Å². The lowest BCUT2D eigenvalue weighted by Crippen LogP contribution is -2.43. The van der Waals surface area contributed by atoms with Crippen LogP contribution in [-0.2, 0) is 31.7 Å². The molecule has 0 fully saturated rings. The minimum atomic E-state index is -1.35. The molecular weight excluding hydrogens is 433 g/mol. The Hall–Kier alpha value is -4.02. The second-order valence-electron chi connectivity index (χ2n) is 7.89. The van der Waals surface area contributed by atoms with E-state index in [0.29, 0.717) is 24.1 Å². The van der Waals surface area contributed by atoms with Gasteiger partial charge in [0.1, 0.15) is 17.2 Å². The molecule has 0 saturated carbocycles. The predicted octanol–water partition coefficient (Wildman–Crippen LogP) is 0.908. The fraction of sp³-hybridized carbons (Fsp3) is 0.318. The van der Waals surface area contributed by atoms with Crippen LogP contribution in [0.2, 0.25) is 0 Å². The molecule has 1 unspecified atom stereocenters. The van der Waals surface area contributed by atoms with E-state index in [9.17, 15) is 23.6 Å². The minimum Gasteiger partial charge on any atom is -0.449 e. The predicted molar refractivity (Wildman–Crippen MR) is 116 cm³/mol. The Kier molecular flexibility index (Phi) is 5.48. The Morgan fingerprint density at radius 1 is 1.12 bits per heavy atom. The number of Topliss-reactive ketones (excluding diaryl/α,β-unsaturated/α-hetero) is 1. The first kappa shape index (κ1) is 22.2. The summed E-state index contributed by atoms with van der Waals surface area (Å²) < 4.78 is 22.0. The summed E-state index contributed by atoms with van der Waals surface area (Å²) in [6.07, 6.45) is 0.760. The molecule has 10 nitrogen and oxygen atoms in total. The zero-order valence-corrected chi connectivity index (χ0v) is 18.3. The van der Waals surface area contributed by atoms with Gasteiger partial charge in [0.25, 0.3) is 5.56 Å². The van der Waals surface area contributed by atoms with E-state index >= 15 is 0 Å². The number of carbonyl (C=O) groups excluding carboxylic acids is 2. The van der Waals surface area contributed by atoms with Crippen LogP contribution >= 0.6 is 0 Å². The fourth-order valence-corrected chi connectivity index (χ4v) is 3.96. The van der Waals surface area contributed by atoms with Gasteiger partial charge in [0, 0.05) is 25.4 Å². The van der Waals surface area contributed by atoms with Crippen molar-refractivity contribution in [1.29, 1.82) is 0 Å². The lowest BCUT2D eigenvalue weighted by Gasteiger charge is -2.15. The number of nitrogen functional groups attached to an aromatic ring is 1. The van der Waals surface area contributed by atoms with E-state index in [1.54, 1.807) is 16.8 Å². The topological polar surface area (TPSA) is 131 Å². The van der Waals surface area contributed by atoms with Gasteiger partial charge in [0.2, 0.25) is 5.78 Å². The van der Waals surface area contributed by atoms with Gasteiger partial charge in [0.05, 0.1) is 5.69 Å². The molecule has 1 aromatic carbocycles. The summed E-state index contributed by atoms with van der Waals surface area (Å²) in [5, 5.41) is 4.36. The van der Waals surface area contributed by atoms with Crippen molar-refractivity contribution in [3.63, 3.8) is 0 Å². The van der Waals surface area contributed by atoms with Gasteiger partial charge < -0.3 is 10.5 Å². The third-order valence-electron chi connectivity index (χ3n) is 5.80. The molecule has 0 spiro atoms. The van der Waals surface area contributed by atoms with Crippen molar-refractivity contribution in [2.24, 2.45) is 14.1 Å². The normalized spacial score (nSPS) is 13.6. The standard InChI is InChI=1S/C22H22FN5O5/c1-11(18(29)16-19(24)26(2)22(32)27(3)20(16)30)33-21(31)17-14-5-4-6-15(14)28(25-17)13-9-7-12(23)8-10-13/h7-11H,4-6,24H2,1-3H3. The molecule has 0 radical (unpaired) electrons. The minimum absolute atomic E-state index is 0.0628. The number of anilines is 1. The molecule has 0 bridgehead atoms. The number of hydrogen-bond acceptors (Lipinski definition) is 7. The number of carbonyl (C=O) groups is 2. The highest BCUT2D eigenvalue weighted by molar-refractivity contribution is 6.04. The van der Waals surface area contributed by atoms with Crippen molar-refractivity contribution in [2.75, 3.05) is 5.73 Å². The third-order valence-corrected chi connectivity index (χ3v) is 5.80. The van der Waals surface area contributed by atoms with Gasteiger partial charge in [-0.25, -0.2) is 18.7 Å². The first-order valence-corrected chi connectivity index (χ1v) is 10.3. The van der Waals surface area contributed by atoms with Crippen LogP contribution < -0.4 is 17.0 Å². The van der Waals surface area contributed by atoms with Gasteiger partial charge in [0.15, 0.2) is 11.8 Å². The lowest BCUT2D eigenvalue weighted by molar-refractivity contribution is 0.0311. The molecule has 1 atom stereocenters. The summed E-state index contributed by atoms with van der Waals surface area (Å²) in [6.45, 7) is 1.32. The molecule has 172 valence electrons. The number of halogens is 1. The Morgan fingerprint density at radius 2 is 1.79 bits per heavy atom. The number of nitrogens with two attached hydrogens (primary N) is 1. The second kappa shape index (κ2) is 8.15. The van der Waals surface area contributed by atoms with Gasteiger partial charge in [-0.15, -0.1) is 0 Å². The van der Waals surface area contributed by atoms with E-state index in [1.807, 2.05) is 0 Å². The summed E-state index contributed by atoms with van der Waals surface area (Å²) in [5.74, 6) is -2.35. The van der Waals surface area contributed by atoms with Crippen molar-refractivity contribution in [1.82, 2.24) is 18.9 Å². The summed E-state index contributed by atoms with van der Waals surface area (Å²) in [6, 6.07) is 5.71. The number of aromatic nitrogens is 4. The molecule has 2 aromatic heterocycles. The van der Waals surface area contributed by atoms with Crippen molar-refractivity contribution in [3.05, 3.63) is 73.4 Å². The molecule has 33 heavy (non-hydrogen) atoms. The van der Waals surface area contributed by atoms with E-state index in [4.69, 9.17) is 10.5 Å². The maximum Gasteiger partial charge on any atom is 0.359 e. The summed E-state index contributed by atoms with van der Waals surface area (Å²) >= 11 is 0. The van der Waals surface area contributed by atoms with Crippen molar-refractivity contribution in [2.45, 2.75) is 32.3 Å². The maximum atomic E-state index is 13.3. The quantitative estimate of drug-likeness (QED) is 0.447. The Labute approximate surface area is 187 Å². The Balaban J connectivity index is 1.64. The van der Waals surface area contributed by atoms with Gasteiger partial charge in [-0.05, 0) is 50.5 Å². The van der Waals surface area contributed by atoms with Gasteiger partial charge in [-0.3, -0.25) is 18.7 Å². The Morgan fingerprint density at radius 3 is 2.45 bits per heavy atom. The zero-order chi connectivity index (χ0) is 24.0. The molecule has 3 aromatic rings. The molecule has 1 aliphatic carbocycles. The number of hydrogen-bond donors (Lipinski definition) is 1. The van der Waals surface area contributed by atoms with Crippen LogP contribution in [-0.4, -0.2) is 36.8 Å². The highest BCUT2D eigenvalue weighted by Crippen LogP contribution is 2.28. The maximum absolute atomic E-state index is 13.3. The monoisotopic (exact) mass is 455 g/mol. The average molecular weight is 455 g/mol. The van der Waals surface area contributed by atoms with Gasteiger partial charge in [-0.1, -0.05) is 0 Å². The van der Waals surface area contributed by atoms with Crippen LogP contribution in [0.25, 0.3) is 5.69 Å². The first-order chi connectivity index (χ1) is 15.6. The summed E-state index contributed by atoms with van der Waals surface area (Å²) in [7, 11) is 2.55. The number of esters is 1. The SMILES string of the molecule is CC(OC(=O)c1nn(-c2ccc(F)cc2)c2c1CCC2)C(=O)c1c(N)n(C)c(=O)n(C)c1=O. The van der Waals surface area contributed by atoms with Crippen LogP contribution in [0, 0.1) is 5.82 Å². The second-order valence-corrected chi connectivity index (χ2v) is 7.89. The molecule has 0 saturated heterocycles. The molecule has 2 heterocycles. The molecule has 0 amide bonds. The van der Waals surface area contributed by atoms with Crippen LogP contribution in [0.1, 0.15) is 45.4 Å². The molecule has 1 aliphatic rings. The van der Waals surface area contributed by atoms with E-state index < -0.39 is 40.5 Å². The smallest absolute Gasteiger partial charge is 0.359 e.